The molecule has 0 heterocycles. The lowest BCUT2D eigenvalue weighted by molar-refractivity contribution is 0.0233. The Kier molecular flexibility index (Phi) is 6.09. The molecule has 0 fully saturated rings. The first-order chi connectivity index (χ1) is 11.5. The van der Waals surface area contributed by atoms with Crippen molar-refractivity contribution < 1.29 is 18.0 Å². The van der Waals surface area contributed by atoms with Crippen LogP contribution in [0.25, 0.3) is 0 Å². The topological polar surface area (TPSA) is 84.5 Å². The summed E-state index contributed by atoms with van der Waals surface area (Å²) in [6, 6.07) is 14.8. The predicted molar refractivity (Wildman–Crippen MR) is 89.2 cm³/mol. The van der Waals surface area contributed by atoms with E-state index in [9.17, 15) is 13.2 Å². The van der Waals surface area contributed by atoms with E-state index in [2.05, 4.69) is 16.1 Å². The number of amides is 1. The van der Waals surface area contributed by atoms with Gasteiger partial charge in [0.1, 0.15) is 0 Å². The van der Waals surface area contributed by atoms with E-state index in [1.807, 2.05) is 30.3 Å². The molecule has 0 saturated heterocycles. The number of sulfonamides is 1. The van der Waals surface area contributed by atoms with Crippen molar-refractivity contribution in [1.29, 1.82) is 0 Å². The monoisotopic (exact) mass is 344 g/mol. The molecule has 2 aromatic rings. The van der Waals surface area contributed by atoms with Crippen molar-refractivity contribution in [3.05, 3.63) is 65.7 Å². The molecule has 7 heteroatoms. The molecule has 0 aromatic heterocycles. The molecule has 24 heavy (non-hydrogen) atoms. The van der Waals surface area contributed by atoms with E-state index < -0.39 is 15.9 Å². The van der Waals surface area contributed by atoms with Crippen LogP contribution in [0.3, 0.4) is 0 Å². The molecule has 2 N–H and O–H groups in total. The van der Waals surface area contributed by atoms with Gasteiger partial charge in [0, 0.05) is 5.56 Å². The number of carbonyl (C=O) groups is 1. The molecule has 6 nitrogen and oxygen atoms in total. The summed E-state index contributed by atoms with van der Waals surface area (Å²) in [6.07, 6.45) is 5.02. The number of carbonyl (C=O) groups excluding carboxylic acids is 1. The van der Waals surface area contributed by atoms with E-state index in [0.29, 0.717) is 0 Å². The van der Waals surface area contributed by atoms with Gasteiger partial charge in [0.05, 0.1) is 18.0 Å². The molecule has 0 bridgehead atoms. The maximum atomic E-state index is 11.9. The van der Waals surface area contributed by atoms with E-state index in [-0.39, 0.29) is 23.6 Å². The highest BCUT2D eigenvalue weighted by Gasteiger charge is 2.14. The molecule has 0 radical (unpaired) electrons. The standard InChI is InChI=1S/C17H16N2O4S/c1-2-12-18-24(21,22)16-10-8-15(9-11-16)17(20)19-23-13-14-6-4-3-5-7-14/h1,3-11,18H,12-13H2,(H,19,20). The zero-order valence-electron chi connectivity index (χ0n) is 12.7. The Hall–Kier alpha value is -2.66. The quantitative estimate of drug-likeness (QED) is 0.588. The summed E-state index contributed by atoms with van der Waals surface area (Å²) in [5.74, 6) is 1.72. The largest absolute Gasteiger partial charge is 0.274 e. The van der Waals surface area contributed by atoms with Crippen molar-refractivity contribution in [2.24, 2.45) is 0 Å². The van der Waals surface area contributed by atoms with Crippen LogP contribution in [-0.4, -0.2) is 20.9 Å². The number of nitrogens with one attached hydrogen (secondary N) is 2. The normalized spacial score (nSPS) is 10.8. The first kappa shape index (κ1) is 17.7. The van der Waals surface area contributed by atoms with E-state index >= 15 is 0 Å². The summed E-state index contributed by atoms with van der Waals surface area (Å²) < 4.78 is 26.0. The zero-order valence-corrected chi connectivity index (χ0v) is 13.5. The molecular weight excluding hydrogens is 328 g/mol. The van der Waals surface area contributed by atoms with Crippen LogP contribution in [-0.2, 0) is 21.5 Å². The van der Waals surface area contributed by atoms with E-state index in [1.165, 1.54) is 24.3 Å². The second kappa shape index (κ2) is 8.26. The summed E-state index contributed by atoms with van der Waals surface area (Å²) in [5.41, 5.74) is 3.50. The molecule has 0 aliphatic carbocycles. The van der Waals surface area contributed by atoms with Gasteiger partial charge in [-0.3, -0.25) is 9.63 Å². The third-order valence-corrected chi connectivity index (χ3v) is 4.45. The number of benzene rings is 2. The lowest BCUT2D eigenvalue weighted by Crippen LogP contribution is -2.25. The van der Waals surface area contributed by atoms with Gasteiger partial charge in [0.25, 0.3) is 5.91 Å². The van der Waals surface area contributed by atoms with Gasteiger partial charge in [-0.25, -0.2) is 13.9 Å². The minimum Gasteiger partial charge on any atom is -0.269 e. The summed E-state index contributed by atoms with van der Waals surface area (Å²) in [5, 5.41) is 0. The highest BCUT2D eigenvalue weighted by atomic mass is 32.2. The van der Waals surface area contributed by atoms with Gasteiger partial charge in [-0.2, -0.15) is 4.72 Å². The number of terminal acetylenes is 1. The first-order valence-corrected chi connectivity index (χ1v) is 8.50. The second-order valence-corrected chi connectivity index (χ2v) is 6.53. The average Bonchev–Trinajstić information content (AvgIpc) is 2.61. The number of rotatable bonds is 7. The van der Waals surface area contributed by atoms with Crippen molar-refractivity contribution >= 4 is 15.9 Å². The summed E-state index contributed by atoms with van der Waals surface area (Å²) in [6.45, 7) is 0.132. The van der Waals surface area contributed by atoms with Gasteiger partial charge in [-0.15, -0.1) is 6.42 Å². The van der Waals surface area contributed by atoms with Crippen LogP contribution in [0.4, 0.5) is 0 Å². The van der Waals surface area contributed by atoms with Crippen LogP contribution < -0.4 is 10.2 Å². The van der Waals surface area contributed by atoms with Crippen LogP contribution >= 0.6 is 0 Å². The minimum atomic E-state index is -3.67. The molecule has 2 aromatic carbocycles. The number of hydrogen-bond donors (Lipinski definition) is 2. The fraction of sp³-hybridized carbons (Fsp3) is 0.118. The zero-order chi connectivity index (χ0) is 17.4. The van der Waals surface area contributed by atoms with Crippen LogP contribution in [0.2, 0.25) is 0 Å². The van der Waals surface area contributed by atoms with Gasteiger partial charge in [0.15, 0.2) is 0 Å². The van der Waals surface area contributed by atoms with Crippen LogP contribution in [0.15, 0.2) is 59.5 Å². The molecule has 124 valence electrons. The maximum Gasteiger partial charge on any atom is 0.274 e. The van der Waals surface area contributed by atoms with Crippen molar-refractivity contribution in [3.8, 4) is 12.3 Å². The smallest absolute Gasteiger partial charge is 0.269 e. The van der Waals surface area contributed by atoms with Gasteiger partial charge in [-0.05, 0) is 29.8 Å². The highest BCUT2D eigenvalue weighted by molar-refractivity contribution is 7.89. The first-order valence-electron chi connectivity index (χ1n) is 7.02. The SMILES string of the molecule is C#CCNS(=O)(=O)c1ccc(C(=O)NOCc2ccccc2)cc1. The Morgan fingerprint density at radius 3 is 2.38 bits per heavy atom. The Labute approximate surface area is 140 Å². The van der Waals surface area contributed by atoms with E-state index in [4.69, 9.17) is 11.3 Å². The van der Waals surface area contributed by atoms with Gasteiger partial charge < -0.3 is 0 Å². The molecule has 2 rings (SSSR count). The lowest BCUT2D eigenvalue weighted by Gasteiger charge is -2.07. The molecule has 0 spiro atoms. The Morgan fingerprint density at radius 2 is 1.75 bits per heavy atom. The summed E-state index contributed by atoms with van der Waals surface area (Å²) in [4.78, 5) is 17.1. The molecule has 0 unspecified atom stereocenters. The molecule has 1 amide bonds. The third-order valence-electron chi connectivity index (χ3n) is 3.04. The van der Waals surface area contributed by atoms with Crippen molar-refractivity contribution in [3.63, 3.8) is 0 Å². The van der Waals surface area contributed by atoms with Gasteiger partial charge >= 0.3 is 0 Å². The van der Waals surface area contributed by atoms with Crippen molar-refractivity contribution in [2.45, 2.75) is 11.5 Å². The Morgan fingerprint density at radius 1 is 1.08 bits per heavy atom. The van der Waals surface area contributed by atoms with Crippen LogP contribution in [0.1, 0.15) is 15.9 Å². The van der Waals surface area contributed by atoms with Crippen LogP contribution in [0, 0.1) is 12.3 Å². The highest BCUT2D eigenvalue weighted by Crippen LogP contribution is 2.10. The van der Waals surface area contributed by atoms with Gasteiger partial charge in [-0.1, -0.05) is 36.3 Å². The van der Waals surface area contributed by atoms with E-state index in [1.54, 1.807) is 0 Å². The molecular formula is C17H16N2O4S. The van der Waals surface area contributed by atoms with Crippen molar-refractivity contribution in [2.75, 3.05) is 6.54 Å². The van der Waals surface area contributed by atoms with Gasteiger partial charge in [0.2, 0.25) is 10.0 Å². The molecule has 0 atom stereocenters. The van der Waals surface area contributed by atoms with E-state index in [0.717, 1.165) is 5.56 Å². The summed E-state index contributed by atoms with van der Waals surface area (Å²) >= 11 is 0. The van der Waals surface area contributed by atoms with Crippen LogP contribution in [0.5, 0.6) is 0 Å². The molecule has 0 saturated carbocycles. The lowest BCUT2D eigenvalue weighted by atomic mass is 10.2. The fourth-order valence-electron chi connectivity index (χ4n) is 1.82. The second-order valence-electron chi connectivity index (χ2n) is 4.76. The maximum absolute atomic E-state index is 11.9. The minimum absolute atomic E-state index is 0.0273. The number of hydroxylamine groups is 1. The van der Waals surface area contributed by atoms with Crippen molar-refractivity contribution in [1.82, 2.24) is 10.2 Å². The summed E-state index contributed by atoms with van der Waals surface area (Å²) in [7, 11) is -3.67. The average molecular weight is 344 g/mol. The molecule has 0 aliphatic rings. The third kappa shape index (κ3) is 4.93. The number of hydrogen-bond acceptors (Lipinski definition) is 4. The Bertz CT molecular complexity index is 825. The predicted octanol–water partition coefficient (Wildman–Crippen LogP) is 1.46. The fourth-order valence-corrected chi connectivity index (χ4v) is 2.76. The Balaban J connectivity index is 1.93. The molecule has 0 aliphatic heterocycles.